The van der Waals surface area contributed by atoms with Gasteiger partial charge in [0.15, 0.2) is 0 Å². The molecule has 3 heterocycles. The minimum atomic E-state index is -3.58. The molecule has 6 rings (SSSR count). The minimum absolute atomic E-state index is 0.0249. The standard InChI is InChI=1S/C32H31ClN4O4S3/c1-36(43(38,39)19-7-17-33)24-13-11-22(12-14-24)27-21-34-32-31(30(27)23-8-4-3-5-9-23)26-20-25(15-16-28(26)35-32)37(2)44(40,41)29-10-6-18-42-29/h3-6,8-9,11-16,18,20-21,29H,7,10,17,19H2,1-2H3,(H,34,35). The topological polar surface area (TPSA) is 103 Å². The summed E-state index contributed by atoms with van der Waals surface area (Å²) in [5, 5.41) is 3.56. The molecule has 1 aliphatic heterocycles. The molecule has 0 fully saturated rings. The zero-order valence-corrected chi connectivity index (χ0v) is 27.3. The number of rotatable bonds is 10. The molecule has 12 heteroatoms. The summed E-state index contributed by atoms with van der Waals surface area (Å²) in [6.07, 6.45) is 4.56. The third-order valence-corrected chi connectivity index (χ3v) is 13.8. The van der Waals surface area contributed by atoms with E-state index in [0.717, 1.165) is 38.5 Å². The Morgan fingerprint density at radius 1 is 0.932 bits per heavy atom. The third kappa shape index (κ3) is 5.58. The van der Waals surface area contributed by atoms with Crippen molar-refractivity contribution >= 4 is 76.7 Å². The Labute approximate surface area is 266 Å². The highest BCUT2D eigenvalue weighted by molar-refractivity contribution is 8.15. The van der Waals surface area contributed by atoms with Gasteiger partial charge in [-0.3, -0.25) is 8.61 Å². The van der Waals surface area contributed by atoms with Gasteiger partial charge >= 0.3 is 0 Å². The van der Waals surface area contributed by atoms with E-state index in [1.54, 1.807) is 26.2 Å². The maximum Gasteiger partial charge on any atom is 0.247 e. The quantitative estimate of drug-likeness (QED) is 0.158. The number of anilines is 2. The summed E-state index contributed by atoms with van der Waals surface area (Å²) in [6, 6.07) is 22.9. The number of aromatic amines is 1. The number of aromatic nitrogens is 2. The van der Waals surface area contributed by atoms with Crippen LogP contribution in [-0.4, -0.2) is 57.1 Å². The molecule has 0 radical (unpaired) electrons. The molecule has 1 unspecified atom stereocenters. The monoisotopic (exact) mass is 666 g/mol. The number of allylic oxidation sites excluding steroid dienone is 1. The molecule has 5 aromatic rings. The second kappa shape index (κ2) is 12.1. The first kappa shape index (κ1) is 30.5. The van der Waals surface area contributed by atoms with Crippen LogP contribution in [0.2, 0.25) is 0 Å². The Kier molecular flexibility index (Phi) is 8.40. The maximum absolute atomic E-state index is 13.4. The molecule has 44 heavy (non-hydrogen) atoms. The third-order valence-electron chi connectivity index (χ3n) is 7.89. The van der Waals surface area contributed by atoms with Crippen LogP contribution in [0.25, 0.3) is 44.2 Å². The molecular weight excluding hydrogens is 636 g/mol. The van der Waals surface area contributed by atoms with Crippen LogP contribution in [0.1, 0.15) is 12.8 Å². The molecule has 3 aromatic carbocycles. The molecule has 8 nitrogen and oxygen atoms in total. The molecular formula is C32H31ClN4O4S3. The van der Waals surface area contributed by atoms with E-state index < -0.39 is 24.6 Å². The van der Waals surface area contributed by atoms with Crippen LogP contribution in [0.5, 0.6) is 0 Å². The van der Waals surface area contributed by atoms with Crippen molar-refractivity contribution < 1.29 is 16.8 Å². The second-order valence-electron chi connectivity index (χ2n) is 10.5. The minimum Gasteiger partial charge on any atom is -0.339 e. The Morgan fingerprint density at radius 2 is 1.66 bits per heavy atom. The number of nitrogens with one attached hydrogen (secondary N) is 1. The molecule has 0 saturated carbocycles. The predicted octanol–water partition coefficient (Wildman–Crippen LogP) is 7.19. The normalized spacial score (nSPS) is 15.3. The number of benzene rings is 3. The summed E-state index contributed by atoms with van der Waals surface area (Å²) in [6.45, 7) is 0. The van der Waals surface area contributed by atoms with E-state index in [1.165, 1.54) is 20.4 Å². The highest BCUT2D eigenvalue weighted by Gasteiger charge is 2.31. The van der Waals surface area contributed by atoms with Crippen LogP contribution in [0.4, 0.5) is 11.4 Å². The highest BCUT2D eigenvalue weighted by Crippen LogP contribution is 2.42. The van der Waals surface area contributed by atoms with E-state index in [0.29, 0.717) is 29.9 Å². The Morgan fingerprint density at radius 3 is 2.34 bits per heavy atom. The van der Waals surface area contributed by atoms with Gasteiger partial charge in [-0.2, -0.15) is 0 Å². The van der Waals surface area contributed by atoms with E-state index in [-0.39, 0.29) is 11.6 Å². The lowest BCUT2D eigenvalue weighted by Crippen LogP contribution is -2.33. The fraction of sp³-hybridized carbons (Fsp3) is 0.219. The molecule has 0 spiro atoms. The molecule has 1 aliphatic rings. The highest BCUT2D eigenvalue weighted by atomic mass is 35.5. The summed E-state index contributed by atoms with van der Waals surface area (Å²) in [5.74, 6) is 0.255. The van der Waals surface area contributed by atoms with Crippen molar-refractivity contribution in [3.8, 4) is 22.3 Å². The van der Waals surface area contributed by atoms with Crippen LogP contribution in [0.3, 0.4) is 0 Å². The second-order valence-corrected chi connectivity index (χ2v) is 16.6. The summed E-state index contributed by atoms with van der Waals surface area (Å²) in [5.41, 5.74) is 6.28. The number of sulfonamides is 2. The van der Waals surface area contributed by atoms with Crippen LogP contribution in [-0.2, 0) is 20.0 Å². The summed E-state index contributed by atoms with van der Waals surface area (Å²) >= 11 is 7.05. The smallest absolute Gasteiger partial charge is 0.247 e. The molecule has 1 atom stereocenters. The summed E-state index contributed by atoms with van der Waals surface area (Å²) in [7, 11) is -3.94. The zero-order chi connectivity index (χ0) is 31.1. The SMILES string of the molecule is CN(c1ccc(-c2cnc3[nH]c4ccc(N(C)S(=O)(=O)C5CC=CS5)cc4c3c2-c2ccccc2)cc1)S(=O)(=O)CCCCl. The van der Waals surface area contributed by atoms with Crippen LogP contribution in [0.15, 0.2) is 90.5 Å². The Hall–Kier alpha value is -3.51. The molecule has 0 bridgehead atoms. The fourth-order valence-electron chi connectivity index (χ4n) is 5.43. The number of H-pyrrole nitrogens is 1. The van der Waals surface area contributed by atoms with E-state index >= 15 is 0 Å². The molecule has 0 saturated heterocycles. The van der Waals surface area contributed by atoms with Crippen molar-refractivity contribution in [3.63, 3.8) is 0 Å². The van der Waals surface area contributed by atoms with Crippen LogP contribution >= 0.6 is 23.4 Å². The lowest BCUT2D eigenvalue weighted by molar-refractivity contribution is 0.590. The van der Waals surface area contributed by atoms with Crippen molar-refractivity contribution in [2.45, 2.75) is 17.4 Å². The van der Waals surface area contributed by atoms with Gasteiger partial charge < -0.3 is 4.98 Å². The van der Waals surface area contributed by atoms with Gasteiger partial charge in [0, 0.05) is 53.6 Å². The van der Waals surface area contributed by atoms with Crippen molar-refractivity contribution in [1.82, 2.24) is 9.97 Å². The van der Waals surface area contributed by atoms with Gasteiger partial charge in [0.25, 0.3) is 0 Å². The van der Waals surface area contributed by atoms with Gasteiger partial charge in [-0.05, 0) is 59.7 Å². The fourth-order valence-corrected chi connectivity index (χ4v) is 9.82. The number of hydrogen-bond acceptors (Lipinski definition) is 6. The maximum atomic E-state index is 13.4. The molecule has 0 amide bonds. The van der Waals surface area contributed by atoms with Crippen molar-refractivity contribution in [2.24, 2.45) is 0 Å². The molecule has 1 N–H and O–H groups in total. The number of alkyl halides is 1. The number of halogens is 1. The largest absolute Gasteiger partial charge is 0.339 e. The number of pyridine rings is 1. The average Bonchev–Trinajstić information content (AvgIpc) is 3.72. The zero-order valence-electron chi connectivity index (χ0n) is 24.1. The van der Waals surface area contributed by atoms with Gasteiger partial charge in [0.2, 0.25) is 20.0 Å². The molecule has 0 aliphatic carbocycles. The number of hydrogen-bond donors (Lipinski definition) is 1. The average molecular weight is 667 g/mol. The first-order valence-electron chi connectivity index (χ1n) is 14.0. The Balaban J connectivity index is 1.49. The van der Waals surface area contributed by atoms with Gasteiger partial charge in [-0.15, -0.1) is 23.4 Å². The van der Waals surface area contributed by atoms with Crippen molar-refractivity contribution in [3.05, 3.63) is 90.5 Å². The van der Waals surface area contributed by atoms with Gasteiger partial charge in [0.1, 0.15) is 10.2 Å². The van der Waals surface area contributed by atoms with Gasteiger partial charge in [0.05, 0.1) is 17.1 Å². The van der Waals surface area contributed by atoms with Crippen LogP contribution < -0.4 is 8.61 Å². The summed E-state index contributed by atoms with van der Waals surface area (Å²) < 4.78 is 54.4. The molecule has 228 valence electrons. The Bertz CT molecular complexity index is 2070. The van der Waals surface area contributed by atoms with Crippen LogP contribution in [0, 0.1) is 0 Å². The lowest BCUT2D eigenvalue weighted by atomic mass is 9.92. The van der Waals surface area contributed by atoms with E-state index in [1.807, 2.05) is 78.3 Å². The predicted molar refractivity (Wildman–Crippen MR) is 184 cm³/mol. The lowest BCUT2D eigenvalue weighted by Gasteiger charge is -2.23. The van der Waals surface area contributed by atoms with Crippen molar-refractivity contribution in [2.75, 3.05) is 34.3 Å². The van der Waals surface area contributed by atoms with E-state index in [9.17, 15) is 16.8 Å². The first-order valence-corrected chi connectivity index (χ1v) is 18.6. The molecule has 2 aromatic heterocycles. The van der Waals surface area contributed by atoms with E-state index in [4.69, 9.17) is 16.6 Å². The summed E-state index contributed by atoms with van der Waals surface area (Å²) in [4.78, 5) is 8.19. The van der Waals surface area contributed by atoms with Gasteiger partial charge in [-0.25, -0.2) is 21.8 Å². The van der Waals surface area contributed by atoms with E-state index in [2.05, 4.69) is 4.98 Å². The van der Waals surface area contributed by atoms with Gasteiger partial charge in [-0.1, -0.05) is 48.5 Å². The number of thioether (sulfide) groups is 1. The number of nitrogens with zero attached hydrogens (tertiary/aromatic N) is 3. The number of fused-ring (bicyclic) bond motifs is 3. The van der Waals surface area contributed by atoms with Crippen molar-refractivity contribution in [1.29, 1.82) is 0 Å². The first-order chi connectivity index (χ1) is 21.1.